The number of nitrogens with zero attached hydrogens (tertiary/aromatic N) is 1. The average Bonchev–Trinajstić information content (AvgIpc) is 3.62. The largest absolute Gasteiger partial charge is 0.491 e. The van der Waals surface area contributed by atoms with Gasteiger partial charge in [0.25, 0.3) is 5.91 Å². The molecule has 0 spiro atoms. The van der Waals surface area contributed by atoms with Crippen molar-refractivity contribution in [2.75, 3.05) is 19.8 Å². The van der Waals surface area contributed by atoms with Gasteiger partial charge in [-0.15, -0.1) is 0 Å². The van der Waals surface area contributed by atoms with Gasteiger partial charge < -0.3 is 14.8 Å². The van der Waals surface area contributed by atoms with Crippen molar-refractivity contribution in [3.63, 3.8) is 0 Å². The van der Waals surface area contributed by atoms with Crippen LogP contribution >= 0.6 is 0 Å². The average molecular weight is 461 g/mol. The minimum atomic E-state index is -0.000155. The molecular formula is C29H36N2O3. The summed E-state index contributed by atoms with van der Waals surface area (Å²) in [4.78, 5) is 15.5. The highest BCUT2D eigenvalue weighted by Gasteiger charge is 2.37. The number of rotatable bonds is 7. The first-order valence-electron chi connectivity index (χ1n) is 13.2. The molecule has 1 N–H and O–H groups in total. The summed E-state index contributed by atoms with van der Waals surface area (Å²) >= 11 is 0. The summed E-state index contributed by atoms with van der Waals surface area (Å²) in [5.41, 5.74) is 5.00. The van der Waals surface area contributed by atoms with Crippen LogP contribution in [0.4, 0.5) is 0 Å². The maximum atomic E-state index is 12.8. The molecule has 2 bridgehead atoms. The van der Waals surface area contributed by atoms with Gasteiger partial charge in [-0.1, -0.05) is 18.2 Å². The number of carbonyl (C=O) groups excluding carboxylic acids is 1. The number of amides is 1. The van der Waals surface area contributed by atoms with Crippen molar-refractivity contribution in [1.82, 2.24) is 10.2 Å². The van der Waals surface area contributed by atoms with E-state index >= 15 is 0 Å². The maximum Gasteiger partial charge on any atom is 0.251 e. The fourth-order valence-electron chi connectivity index (χ4n) is 6.42. The number of aryl methyl sites for hydroxylation is 1. The molecule has 2 heterocycles. The van der Waals surface area contributed by atoms with Gasteiger partial charge >= 0.3 is 0 Å². The Kier molecular flexibility index (Phi) is 6.32. The van der Waals surface area contributed by atoms with Gasteiger partial charge in [-0.05, 0) is 98.2 Å². The van der Waals surface area contributed by atoms with Crippen molar-refractivity contribution < 1.29 is 14.3 Å². The molecule has 0 radical (unpaired) electrons. The van der Waals surface area contributed by atoms with E-state index in [1.54, 1.807) is 0 Å². The lowest BCUT2D eigenvalue weighted by molar-refractivity contribution is 0.0679. The molecule has 5 nitrogen and oxygen atoms in total. The molecule has 3 fully saturated rings. The Labute approximate surface area is 202 Å². The van der Waals surface area contributed by atoms with Crippen molar-refractivity contribution in [2.45, 2.75) is 76.1 Å². The monoisotopic (exact) mass is 460 g/mol. The lowest BCUT2D eigenvalue weighted by Crippen LogP contribution is -2.39. The van der Waals surface area contributed by atoms with E-state index in [0.717, 1.165) is 63.0 Å². The van der Waals surface area contributed by atoms with Crippen LogP contribution in [0, 0.1) is 5.92 Å². The summed E-state index contributed by atoms with van der Waals surface area (Å²) in [5.74, 6) is 1.73. The molecule has 6 rings (SSSR count). The predicted molar refractivity (Wildman–Crippen MR) is 132 cm³/mol. The SMILES string of the molecule is O=C(N[C@H]1CCc2cc(CN3C[C@H]4CC[C@@H]3C4)ccc2C1)c1ccc(OC[C@@H]2CCCO2)cc1. The summed E-state index contributed by atoms with van der Waals surface area (Å²) in [6.07, 6.45) is 9.56. The van der Waals surface area contributed by atoms with E-state index in [1.807, 2.05) is 24.3 Å². The van der Waals surface area contributed by atoms with Crippen LogP contribution in [0.15, 0.2) is 42.5 Å². The first-order chi connectivity index (χ1) is 16.7. The zero-order valence-electron chi connectivity index (χ0n) is 20.0. The smallest absolute Gasteiger partial charge is 0.251 e. The van der Waals surface area contributed by atoms with Crippen molar-refractivity contribution in [3.05, 3.63) is 64.7 Å². The van der Waals surface area contributed by atoms with Gasteiger partial charge in [-0.25, -0.2) is 0 Å². The third-order valence-electron chi connectivity index (χ3n) is 8.32. The number of carbonyl (C=O) groups is 1. The highest BCUT2D eigenvalue weighted by atomic mass is 16.5. The molecule has 0 unspecified atom stereocenters. The van der Waals surface area contributed by atoms with Gasteiger partial charge in [0.15, 0.2) is 0 Å². The quantitative estimate of drug-likeness (QED) is 0.660. The highest BCUT2D eigenvalue weighted by Crippen LogP contribution is 2.38. The van der Waals surface area contributed by atoms with Gasteiger partial charge in [0.2, 0.25) is 0 Å². The number of likely N-dealkylation sites (tertiary alicyclic amines) is 1. The van der Waals surface area contributed by atoms with Gasteiger partial charge in [0, 0.05) is 37.3 Å². The van der Waals surface area contributed by atoms with Gasteiger partial charge in [0.1, 0.15) is 12.4 Å². The summed E-state index contributed by atoms with van der Waals surface area (Å²) < 4.78 is 11.4. The van der Waals surface area contributed by atoms with Crippen LogP contribution in [0.1, 0.15) is 65.6 Å². The molecule has 1 amide bonds. The van der Waals surface area contributed by atoms with Crippen molar-refractivity contribution >= 4 is 5.91 Å². The topological polar surface area (TPSA) is 50.8 Å². The highest BCUT2D eigenvalue weighted by molar-refractivity contribution is 5.94. The van der Waals surface area contributed by atoms with Crippen molar-refractivity contribution in [3.8, 4) is 5.75 Å². The third kappa shape index (κ3) is 4.87. The first-order valence-corrected chi connectivity index (χ1v) is 13.2. The van der Waals surface area contributed by atoms with E-state index in [9.17, 15) is 4.79 Å². The van der Waals surface area contributed by atoms with Crippen LogP contribution in [-0.4, -0.2) is 48.8 Å². The molecule has 180 valence electrons. The first kappa shape index (κ1) is 22.1. The predicted octanol–water partition coefficient (Wildman–Crippen LogP) is 4.52. The number of fused-ring (bicyclic) bond motifs is 3. The summed E-state index contributed by atoms with van der Waals surface area (Å²) in [6.45, 7) is 3.80. The minimum absolute atomic E-state index is 0.000155. The van der Waals surface area contributed by atoms with E-state index in [1.165, 1.54) is 42.5 Å². The Morgan fingerprint density at radius 2 is 1.97 bits per heavy atom. The van der Waals surface area contributed by atoms with E-state index < -0.39 is 0 Å². The molecule has 2 aromatic carbocycles. The number of ether oxygens (including phenoxy) is 2. The molecule has 1 saturated carbocycles. The number of nitrogens with one attached hydrogen (secondary N) is 1. The third-order valence-corrected chi connectivity index (χ3v) is 8.32. The second-order valence-corrected chi connectivity index (χ2v) is 10.7. The Balaban J connectivity index is 1.01. The molecule has 34 heavy (non-hydrogen) atoms. The van der Waals surface area contributed by atoms with Crippen LogP contribution in [0.3, 0.4) is 0 Å². The van der Waals surface area contributed by atoms with Crippen molar-refractivity contribution in [2.24, 2.45) is 5.92 Å². The van der Waals surface area contributed by atoms with Crippen LogP contribution in [0.5, 0.6) is 5.75 Å². The molecule has 2 saturated heterocycles. The van der Waals surface area contributed by atoms with Gasteiger partial charge in [-0.2, -0.15) is 0 Å². The van der Waals surface area contributed by atoms with Crippen LogP contribution in [-0.2, 0) is 24.1 Å². The maximum absolute atomic E-state index is 12.8. The van der Waals surface area contributed by atoms with E-state index in [2.05, 4.69) is 28.4 Å². The number of hydrogen-bond donors (Lipinski definition) is 1. The molecular weight excluding hydrogens is 424 g/mol. The Morgan fingerprint density at radius 3 is 2.74 bits per heavy atom. The van der Waals surface area contributed by atoms with Crippen molar-refractivity contribution in [1.29, 1.82) is 0 Å². The van der Waals surface area contributed by atoms with Crippen LogP contribution in [0.25, 0.3) is 0 Å². The molecule has 2 aliphatic carbocycles. The second kappa shape index (κ2) is 9.71. The number of hydrogen-bond acceptors (Lipinski definition) is 4. The second-order valence-electron chi connectivity index (χ2n) is 10.7. The zero-order valence-corrected chi connectivity index (χ0v) is 20.0. The number of piperidine rings is 1. The fourth-order valence-corrected chi connectivity index (χ4v) is 6.42. The standard InChI is InChI=1S/C29H36N2O3/c32-29(22-7-11-27(12-8-22)34-19-28-2-1-13-33-28)30-25-9-6-23-14-20(3-5-24(23)16-25)17-31-18-21-4-10-26(31)15-21/h3,5,7-8,11-12,14,21,25-26,28H,1-2,4,6,9-10,13,15-19H2,(H,30,32)/t21-,25-,26+,28-/m0/s1. The fraction of sp³-hybridized carbons (Fsp3) is 0.552. The molecule has 0 aromatic heterocycles. The Hall–Kier alpha value is -2.37. The molecule has 4 atom stereocenters. The number of benzene rings is 2. The molecule has 4 aliphatic rings. The van der Waals surface area contributed by atoms with Gasteiger partial charge in [0.05, 0.1) is 6.10 Å². The molecule has 2 aliphatic heterocycles. The van der Waals surface area contributed by atoms with Crippen LogP contribution in [0.2, 0.25) is 0 Å². The van der Waals surface area contributed by atoms with E-state index in [0.29, 0.717) is 12.2 Å². The lowest BCUT2D eigenvalue weighted by Gasteiger charge is -2.29. The van der Waals surface area contributed by atoms with Crippen LogP contribution < -0.4 is 10.1 Å². The molecule has 2 aromatic rings. The summed E-state index contributed by atoms with van der Waals surface area (Å²) in [5, 5.41) is 3.26. The summed E-state index contributed by atoms with van der Waals surface area (Å²) in [7, 11) is 0. The lowest BCUT2D eigenvalue weighted by atomic mass is 9.87. The summed E-state index contributed by atoms with van der Waals surface area (Å²) in [6, 6.07) is 15.5. The van der Waals surface area contributed by atoms with Gasteiger partial charge in [-0.3, -0.25) is 9.69 Å². The molecule has 5 heteroatoms. The van der Waals surface area contributed by atoms with E-state index in [4.69, 9.17) is 9.47 Å². The Morgan fingerprint density at radius 1 is 1.06 bits per heavy atom. The zero-order chi connectivity index (χ0) is 22.9. The van der Waals surface area contributed by atoms with E-state index in [-0.39, 0.29) is 18.1 Å². The normalized spacial score (nSPS) is 28.1. The minimum Gasteiger partial charge on any atom is -0.491 e. The Bertz CT molecular complexity index is 1010.